The lowest BCUT2D eigenvalue weighted by Crippen LogP contribution is -2.37. The predicted molar refractivity (Wildman–Crippen MR) is 84.1 cm³/mol. The smallest absolute Gasteiger partial charge is 0.341 e. The topological polar surface area (TPSA) is 85.1 Å². The molecule has 1 aromatic rings. The Kier molecular flexibility index (Phi) is 8.06. The Bertz CT molecular complexity index is 497. The summed E-state index contributed by atoms with van der Waals surface area (Å²) in [6.45, 7) is 6.36. The fraction of sp³-hybridized carbons (Fsp3) is 0.600. The number of esters is 1. The van der Waals surface area contributed by atoms with Crippen LogP contribution in [0, 0.1) is 6.92 Å². The third-order valence-electron chi connectivity index (χ3n) is 2.99. The molecule has 0 atom stereocenters. The molecule has 0 radical (unpaired) electrons. The van der Waals surface area contributed by atoms with Crippen molar-refractivity contribution in [3.05, 3.63) is 23.2 Å². The zero-order valence-electron chi connectivity index (χ0n) is 13.7. The van der Waals surface area contributed by atoms with Gasteiger partial charge in [-0.15, -0.1) is 0 Å². The normalized spacial score (nSPS) is 11.4. The molecule has 7 nitrogen and oxygen atoms in total. The highest BCUT2D eigenvalue weighted by Crippen LogP contribution is 2.15. The number of carbonyl (C=O) groups is 1. The molecular formula is C15H25N3O4. The maximum atomic E-state index is 11.5. The molecule has 0 aromatic carbocycles. The van der Waals surface area contributed by atoms with Crippen LogP contribution >= 0.6 is 0 Å². The van der Waals surface area contributed by atoms with E-state index in [1.54, 1.807) is 20.0 Å². The summed E-state index contributed by atoms with van der Waals surface area (Å²) in [6.07, 6.45) is 0.904. The van der Waals surface area contributed by atoms with Gasteiger partial charge in [-0.25, -0.2) is 4.79 Å². The minimum Gasteiger partial charge on any atom is -0.465 e. The zero-order chi connectivity index (χ0) is 16.4. The van der Waals surface area contributed by atoms with E-state index in [9.17, 15) is 4.79 Å². The van der Waals surface area contributed by atoms with Crippen molar-refractivity contribution < 1.29 is 18.7 Å². The molecule has 7 heteroatoms. The Labute approximate surface area is 131 Å². The Morgan fingerprint density at radius 1 is 1.41 bits per heavy atom. The molecule has 0 saturated heterocycles. The molecule has 1 heterocycles. The van der Waals surface area contributed by atoms with Crippen LogP contribution in [0.25, 0.3) is 0 Å². The number of rotatable bonds is 8. The highest BCUT2D eigenvalue weighted by atomic mass is 16.5. The number of aliphatic imine (C=N–C) groups is 1. The zero-order valence-corrected chi connectivity index (χ0v) is 13.7. The van der Waals surface area contributed by atoms with E-state index in [4.69, 9.17) is 13.9 Å². The number of hydrogen-bond acceptors (Lipinski definition) is 5. The Morgan fingerprint density at radius 2 is 2.18 bits per heavy atom. The summed E-state index contributed by atoms with van der Waals surface area (Å²) < 4.78 is 15.5. The van der Waals surface area contributed by atoms with Gasteiger partial charge >= 0.3 is 5.97 Å². The van der Waals surface area contributed by atoms with Crippen molar-refractivity contribution in [1.82, 2.24) is 10.6 Å². The van der Waals surface area contributed by atoms with E-state index in [0.717, 1.165) is 26.2 Å². The molecule has 0 spiro atoms. The number of furan rings is 1. The van der Waals surface area contributed by atoms with Crippen LogP contribution in [0.15, 0.2) is 15.5 Å². The average Bonchev–Trinajstić information content (AvgIpc) is 2.90. The highest BCUT2D eigenvalue weighted by Gasteiger charge is 2.15. The molecule has 0 saturated carbocycles. The van der Waals surface area contributed by atoms with Crippen molar-refractivity contribution >= 4 is 11.9 Å². The Morgan fingerprint density at radius 3 is 2.82 bits per heavy atom. The molecular weight excluding hydrogens is 286 g/mol. The van der Waals surface area contributed by atoms with Gasteiger partial charge in [-0.1, -0.05) is 0 Å². The molecule has 0 bridgehead atoms. The number of methoxy groups -OCH3 is 1. The third kappa shape index (κ3) is 5.77. The van der Waals surface area contributed by atoms with E-state index in [1.165, 1.54) is 7.11 Å². The molecule has 0 aliphatic heterocycles. The monoisotopic (exact) mass is 311 g/mol. The quantitative estimate of drug-likeness (QED) is 0.327. The fourth-order valence-corrected chi connectivity index (χ4v) is 1.86. The summed E-state index contributed by atoms with van der Waals surface area (Å²) in [5.41, 5.74) is 0.443. The van der Waals surface area contributed by atoms with Crippen LogP contribution in [0.3, 0.4) is 0 Å². The third-order valence-corrected chi connectivity index (χ3v) is 2.99. The van der Waals surface area contributed by atoms with Gasteiger partial charge in [0.2, 0.25) is 0 Å². The maximum absolute atomic E-state index is 11.5. The summed E-state index contributed by atoms with van der Waals surface area (Å²) in [6, 6.07) is 1.68. The molecule has 0 aliphatic rings. The van der Waals surface area contributed by atoms with Crippen molar-refractivity contribution in [3.63, 3.8) is 0 Å². The molecule has 0 amide bonds. The average molecular weight is 311 g/mol. The van der Waals surface area contributed by atoms with Gasteiger partial charge in [-0.2, -0.15) is 0 Å². The summed E-state index contributed by atoms with van der Waals surface area (Å²) in [4.78, 5) is 15.6. The lowest BCUT2D eigenvalue weighted by atomic mass is 10.2. The molecule has 2 N–H and O–H groups in total. The van der Waals surface area contributed by atoms with Gasteiger partial charge in [0.25, 0.3) is 0 Å². The number of guanidine groups is 1. The van der Waals surface area contributed by atoms with Crippen molar-refractivity contribution in [2.75, 3.05) is 33.9 Å². The summed E-state index contributed by atoms with van der Waals surface area (Å²) in [7, 11) is 3.05. The molecule has 0 aliphatic carbocycles. The van der Waals surface area contributed by atoms with Gasteiger partial charge in [-0.05, 0) is 26.3 Å². The first-order chi connectivity index (χ1) is 10.6. The number of hydrogen-bond donors (Lipinski definition) is 2. The first-order valence-electron chi connectivity index (χ1n) is 7.32. The van der Waals surface area contributed by atoms with Crippen LogP contribution in [0.5, 0.6) is 0 Å². The lowest BCUT2D eigenvalue weighted by molar-refractivity contribution is 0.0599. The minimum absolute atomic E-state index is 0.397. The highest BCUT2D eigenvalue weighted by molar-refractivity contribution is 5.90. The van der Waals surface area contributed by atoms with Crippen molar-refractivity contribution in [2.45, 2.75) is 26.8 Å². The molecule has 1 aromatic heterocycles. The first kappa shape index (κ1) is 18.0. The summed E-state index contributed by atoms with van der Waals surface area (Å²) in [5, 5.41) is 6.31. The van der Waals surface area contributed by atoms with Gasteiger partial charge in [0.1, 0.15) is 17.1 Å². The van der Waals surface area contributed by atoms with Crippen LogP contribution in [0.4, 0.5) is 0 Å². The second kappa shape index (κ2) is 9.83. The summed E-state index contributed by atoms with van der Waals surface area (Å²) >= 11 is 0. The Balaban J connectivity index is 2.42. The molecule has 124 valence electrons. The van der Waals surface area contributed by atoms with Gasteiger partial charge < -0.3 is 24.5 Å². The van der Waals surface area contributed by atoms with Crippen LogP contribution in [0.2, 0.25) is 0 Å². The van der Waals surface area contributed by atoms with Crippen LogP contribution < -0.4 is 10.6 Å². The van der Waals surface area contributed by atoms with E-state index in [2.05, 4.69) is 15.6 Å². The van der Waals surface area contributed by atoms with Crippen molar-refractivity contribution in [3.8, 4) is 0 Å². The standard InChI is InChI=1S/C15H25N3O4/c1-5-21-8-6-7-17-15(16-3)18-10-12-9-13(11(2)22-12)14(19)20-4/h9H,5-8,10H2,1-4H3,(H2,16,17,18). The van der Waals surface area contributed by atoms with Gasteiger partial charge in [0.05, 0.1) is 13.7 Å². The molecule has 0 fully saturated rings. The number of nitrogens with one attached hydrogen (secondary N) is 2. The van der Waals surface area contributed by atoms with E-state index < -0.39 is 5.97 Å². The second-order valence-electron chi connectivity index (χ2n) is 4.58. The molecule has 22 heavy (non-hydrogen) atoms. The van der Waals surface area contributed by atoms with Crippen LogP contribution in [-0.2, 0) is 16.0 Å². The lowest BCUT2D eigenvalue weighted by Gasteiger charge is -2.10. The number of ether oxygens (including phenoxy) is 2. The number of aryl methyl sites for hydroxylation is 1. The molecule has 1 rings (SSSR count). The number of nitrogens with zero attached hydrogens (tertiary/aromatic N) is 1. The van der Waals surface area contributed by atoms with Gasteiger partial charge in [0.15, 0.2) is 5.96 Å². The first-order valence-corrected chi connectivity index (χ1v) is 7.32. The van der Waals surface area contributed by atoms with Crippen LogP contribution in [0.1, 0.15) is 35.2 Å². The SMILES string of the molecule is CCOCCCNC(=NC)NCc1cc(C(=O)OC)c(C)o1. The maximum Gasteiger partial charge on any atom is 0.341 e. The van der Waals surface area contributed by atoms with Gasteiger partial charge in [-0.3, -0.25) is 4.99 Å². The van der Waals surface area contributed by atoms with E-state index in [1.807, 2.05) is 6.92 Å². The van der Waals surface area contributed by atoms with Crippen molar-refractivity contribution in [1.29, 1.82) is 0 Å². The number of carbonyl (C=O) groups excluding carboxylic acids is 1. The summed E-state index contributed by atoms with van der Waals surface area (Å²) in [5.74, 6) is 1.47. The van der Waals surface area contributed by atoms with E-state index in [0.29, 0.717) is 29.6 Å². The predicted octanol–water partition coefficient (Wildman–Crippen LogP) is 1.47. The van der Waals surface area contributed by atoms with E-state index >= 15 is 0 Å². The van der Waals surface area contributed by atoms with Crippen LogP contribution in [-0.4, -0.2) is 45.8 Å². The molecule has 0 unspecified atom stereocenters. The van der Waals surface area contributed by atoms with E-state index in [-0.39, 0.29) is 0 Å². The minimum atomic E-state index is -0.397. The largest absolute Gasteiger partial charge is 0.465 e. The second-order valence-corrected chi connectivity index (χ2v) is 4.58. The van der Waals surface area contributed by atoms with Gasteiger partial charge in [0, 0.05) is 26.8 Å². The Hall–Kier alpha value is -2.02. The fourth-order valence-electron chi connectivity index (χ4n) is 1.86. The van der Waals surface area contributed by atoms with Crippen molar-refractivity contribution in [2.24, 2.45) is 4.99 Å².